The third kappa shape index (κ3) is 6.33. The maximum absolute atomic E-state index is 12.1. The number of sulfonamides is 1. The van der Waals surface area contributed by atoms with Crippen LogP contribution in [-0.4, -0.2) is 31.5 Å². The first kappa shape index (κ1) is 19.3. The third-order valence-electron chi connectivity index (χ3n) is 3.80. The summed E-state index contributed by atoms with van der Waals surface area (Å²) in [4.78, 5) is 28.0. The Bertz CT molecular complexity index is 951. The van der Waals surface area contributed by atoms with Gasteiger partial charge >= 0.3 is 0 Å². The monoisotopic (exact) mass is 408 g/mol. The number of rotatable bonds is 8. The Morgan fingerprint density at radius 3 is 2.78 bits per heavy atom. The molecule has 1 fully saturated rings. The zero-order valence-electron chi connectivity index (χ0n) is 14.7. The number of carbonyl (C=O) groups is 2. The smallest absolute Gasteiger partial charge is 0.231 e. The van der Waals surface area contributed by atoms with Crippen LogP contribution in [0.1, 0.15) is 24.1 Å². The van der Waals surface area contributed by atoms with E-state index in [-0.39, 0.29) is 29.3 Å². The van der Waals surface area contributed by atoms with Crippen molar-refractivity contribution in [3.63, 3.8) is 0 Å². The first-order valence-electron chi connectivity index (χ1n) is 8.37. The van der Waals surface area contributed by atoms with E-state index in [2.05, 4.69) is 20.3 Å². The van der Waals surface area contributed by atoms with Gasteiger partial charge in [0.2, 0.25) is 21.8 Å². The second-order valence-electron chi connectivity index (χ2n) is 6.44. The minimum Gasteiger partial charge on any atom is -0.352 e. The van der Waals surface area contributed by atoms with E-state index in [1.165, 1.54) is 0 Å². The summed E-state index contributed by atoms with van der Waals surface area (Å²) >= 11 is 1.13. The van der Waals surface area contributed by atoms with Crippen molar-refractivity contribution in [1.82, 2.24) is 10.3 Å². The summed E-state index contributed by atoms with van der Waals surface area (Å²) in [5, 5.41) is 7.55. The molecule has 27 heavy (non-hydrogen) atoms. The topological polar surface area (TPSA) is 117 Å². The Balaban J connectivity index is 1.49. The van der Waals surface area contributed by atoms with Crippen LogP contribution in [0.3, 0.4) is 0 Å². The Hall–Kier alpha value is -2.46. The van der Waals surface area contributed by atoms with Crippen molar-refractivity contribution in [2.45, 2.75) is 25.8 Å². The van der Waals surface area contributed by atoms with E-state index in [0.717, 1.165) is 41.7 Å². The van der Waals surface area contributed by atoms with Gasteiger partial charge in [-0.15, -0.1) is 11.3 Å². The predicted molar refractivity (Wildman–Crippen MR) is 104 cm³/mol. The maximum atomic E-state index is 12.1. The van der Waals surface area contributed by atoms with Crippen molar-refractivity contribution >= 4 is 44.0 Å². The lowest BCUT2D eigenvalue weighted by Crippen LogP contribution is -2.24. The van der Waals surface area contributed by atoms with Crippen LogP contribution in [0, 0.1) is 5.92 Å². The van der Waals surface area contributed by atoms with Gasteiger partial charge in [-0.25, -0.2) is 13.4 Å². The number of hydrogen-bond acceptors (Lipinski definition) is 6. The number of amides is 2. The number of thiazole rings is 1. The molecule has 8 nitrogen and oxygen atoms in total. The minimum atomic E-state index is -3.39. The average molecular weight is 409 g/mol. The van der Waals surface area contributed by atoms with Crippen molar-refractivity contribution in [2.75, 3.05) is 16.3 Å². The molecule has 1 aromatic heterocycles. The van der Waals surface area contributed by atoms with Crippen molar-refractivity contribution in [3.8, 4) is 0 Å². The number of nitrogens with one attached hydrogen (secondary N) is 3. The van der Waals surface area contributed by atoms with Gasteiger partial charge in [0.25, 0.3) is 0 Å². The Labute approximate surface area is 161 Å². The fourth-order valence-electron chi connectivity index (χ4n) is 2.37. The quantitative estimate of drug-likeness (QED) is 0.615. The molecule has 0 aliphatic heterocycles. The lowest BCUT2D eigenvalue weighted by molar-refractivity contribution is -0.120. The van der Waals surface area contributed by atoms with Crippen molar-refractivity contribution < 1.29 is 18.0 Å². The molecule has 0 atom stereocenters. The lowest BCUT2D eigenvalue weighted by atomic mass is 10.2. The first-order valence-corrected chi connectivity index (χ1v) is 11.1. The number of hydrogen-bond donors (Lipinski definition) is 3. The number of nitrogens with zero attached hydrogens (tertiary/aromatic N) is 1. The van der Waals surface area contributed by atoms with Crippen LogP contribution in [0.15, 0.2) is 29.6 Å². The molecule has 0 spiro atoms. The molecule has 1 heterocycles. The highest BCUT2D eigenvalue weighted by molar-refractivity contribution is 7.92. The summed E-state index contributed by atoms with van der Waals surface area (Å²) in [6.45, 7) is 0.324. The molecule has 144 valence electrons. The molecule has 0 saturated heterocycles. The van der Waals surface area contributed by atoms with E-state index in [1.807, 2.05) is 24.3 Å². The predicted octanol–water partition coefficient (Wildman–Crippen LogP) is 1.72. The molecule has 0 bridgehead atoms. The molecule has 2 aromatic rings. The summed E-state index contributed by atoms with van der Waals surface area (Å²) in [5.74, 6) is -0.0506. The van der Waals surface area contributed by atoms with E-state index in [1.54, 1.807) is 5.38 Å². The molecule has 3 rings (SSSR count). The molecule has 1 aromatic carbocycles. The second kappa shape index (κ2) is 8.05. The van der Waals surface area contributed by atoms with Gasteiger partial charge in [0.1, 0.15) is 0 Å². The largest absolute Gasteiger partial charge is 0.352 e. The highest BCUT2D eigenvalue weighted by atomic mass is 32.2. The molecular weight excluding hydrogens is 388 g/mol. The number of benzene rings is 1. The third-order valence-corrected chi connectivity index (χ3v) is 5.30. The van der Waals surface area contributed by atoms with E-state index >= 15 is 0 Å². The van der Waals surface area contributed by atoms with Gasteiger partial charge in [-0.1, -0.05) is 12.1 Å². The summed E-state index contributed by atoms with van der Waals surface area (Å²) < 4.78 is 24.6. The minimum absolute atomic E-state index is 0.0400. The highest BCUT2D eigenvalue weighted by Crippen LogP contribution is 2.30. The molecular formula is C17H20N4O4S2. The fraction of sp³-hybridized carbons (Fsp3) is 0.353. The van der Waals surface area contributed by atoms with Crippen LogP contribution in [0.4, 0.5) is 10.8 Å². The Kier molecular flexibility index (Phi) is 5.76. The van der Waals surface area contributed by atoms with Crippen molar-refractivity contribution in [1.29, 1.82) is 0 Å². The van der Waals surface area contributed by atoms with Crippen LogP contribution < -0.4 is 15.4 Å². The molecule has 0 unspecified atom stereocenters. The molecule has 1 aliphatic rings. The van der Waals surface area contributed by atoms with Crippen molar-refractivity contribution in [3.05, 3.63) is 40.9 Å². The summed E-state index contributed by atoms with van der Waals surface area (Å²) in [5.41, 5.74) is 2.08. The normalized spacial score (nSPS) is 13.8. The lowest BCUT2D eigenvalue weighted by Gasteiger charge is -2.08. The van der Waals surface area contributed by atoms with Gasteiger partial charge in [-0.2, -0.15) is 0 Å². The molecule has 2 amide bonds. The maximum Gasteiger partial charge on any atom is 0.231 e. The zero-order chi connectivity index (χ0) is 19.4. The van der Waals surface area contributed by atoms with Crippen LogP contribution in [0.5, 0.6) is 0 Å². The van der Waals surface area contributed by atoms with E-state index in [0.29, 0.717) is 12.2 Å². The van der Waals surface area contributed by atoms with E-state index in [9.17, 15) is 18.0 Å². The SMILES string of the molecule is CS(=O)(=O)Nc1nc(CC(=O)NCc2cccc(NC(=O)C3CC3)c2)cs1. The summed E-state index contributed by atoms with van der Waals surface area (Å²) in [7, 11) is -3.39. The molecule has 1 aliphatic carbocycles. The second-order valence-corrected chi connectivity index (χ2v) is 9.04. The highest BCUT2D eigenvalue weighted by Gasteiger charge is 2.29. The van der Waals surface area contributed by atoms with E-state index < -0.39 is 10.0 Å². The molecule has 10 heteroatoms. The van der Waals surface area contributed by atoms with Gasteiger partial charge in [0, 0.05) is 23.5 Å². The van der Waals surface area contributed by atoms with E-state index in [4.69, 9.17) is 0 Å². The van der Waals surface area contributed by atoms with Gasteiger partial charge in [0.15, 0.2) is 5.13 Å². The number of aromatic nitrogens is 1. The first-order chi connectivity index (χ1) is 12.8. The number of carbonyl (C=O) groups excluding carboxylic acids is 2. The average Bonchev–Trinajstić information content (AvgIpc) is 3.35. The fourth-order valence-corrected chi connectivity index (χ4v) is 3.93. The van der Waals surface area contributed by atoms with Gasteiger partial charge in [-0.3, -0.25) is 14.3 Å². The van der Waals surface area contributed by atoms with Crippen LogP contribution in [-0.2, 0) is 32.6 Å². The standard InChI is InChI=1S/C17H20N4O4S2/c1-27(24,25)21-17-20-14(10-26-17)8-15(22)18-9-11-3-2-4-13(7-11)19-16(23)12-5-6-12/h2-4,7,10,12H,5-6,8-9H2,1H3,(H,18,22)(H,19,23)(H,20,21). The van der Waals surface area contributed by atoms with Crippen LogP contribution in [0.25, 0.3) is 0 Å². The Morgan fingerprint density at radius 2 is 2.07 bits per heavy atom. The zero-order valence-corrected chi connectivity index (χ0v) is 16.3. The Morgan fingerprint density at radius 1 is 1.30 bits per heavy atom. The van der Waals surface area contributed by atoms with Gasteiger partial charge in [-0.05, 0) is 30.5 Å². The summed E-state index contributed by atoms with van der Waals surface area (Å²) in [6.07, 6.45) is 2.99. The van der Waals surface area contributed by atoms with Gasteiger partial charge < -0.3 is 10.6 Å². The molecule has 3 N–H and O–H groups in total. The van der Waals surface area contributed by atoms with Gasteiger partial charge in [0.05, 0.1) is 18.4 Å². The van der Waals surface area contributed by atoms with Crippen LogP contribution >= 0.6 is 11.3 Å². The van der Waals surface area contributed by atoms with Crippen molar-refractivity contribution in [2.24, 2.45) is 5.92 Å². The summed E-state index contributed by atoms with van der Waals surface area (Å²) in [6, 6.07) is 7.34. The van der Waals surface area contributed by atoms with Crippen LogP contribution in [0.2, 0.25) is 0 Å². The molecule has 1 saturated carbocycles. The molecule has 0 radical (unpaired) electrons. The number of anilines is 2.